The van der Waals surface area contributed by atoms with Gasteiger partial charge in [0.2, 0.25) is 0 Å². The summed E-state index contributed by atoms with van der Waals surface area (Å²) in [6.07, 6.45) is 1.23. The second-order valence-electron chi connectivity index (χ2n) is 6.25. The number of benzene rings is 2. The van der Waals surface area contributed by atoms with Crippen molar-refractivity contribution >= 4 is 23.5 Å². The number of urea groups is 1. The van der Waals surface area contributed by atoms with Crippen LogP contribution in [0, 0.1) is 0 Å². The van der Waals surface area contributed by atoms with Crippen molar-refractivity contribution in [3.05, 3.63) is 65.2 Å². The molecule has 1 heterocycles. The summed E-state index contributed by atoms with van der Waals surface area (Å²) in [5.74, 6) is -0.139. The first-order chi connectivity index (χ1) is 13.0. The molecule has 1 aliphatic heterocycles. The highest BCUT2D eigenvalue weighted by Gasteiger charge is 2.26. The lowest BCUT2D eigenvalue weighted by Crippen LogP contribution is -2.28. The molecule has 1 unspecified atom stereocenters. The maximum Gasteiger partial charge on any atom is 0.319 e. The van der Waals surface area contributed by atoms with Gasteiger partial charge in [-0.15, -0.1) is 0 Å². The molecule has 4 amide bonds. The summed E-state index contributed by atoms with van der Waals surface area (Å²) in [6.45, 7) is 6.79. The van der Waals surface area contributed by atoms with Gasteiger partial charge in [0, 0.05) is 12.2 Å². The number of fused-ring (bicyclic) bond motifs is 1. The average Bonchev–Trinajstić information content (AvgIpc) is 2.96. The molecular formula is C21H25N3O3. The predicted molar refractivity (Wildman–Crippen MR) is 106 cm³/mol. The van der Waals surface area contributed by atoms with Crippen molar-refractivity contribution in [2.24, 2.45) is 0 Å². The fourth-order valence-corrected chi connectivity index (χ4v) is 2.60. The van der Waals surface area contributed by atoms with Gasteiger partial charge in [0.05, 0.1) is 11.1 Å². The molecule has 0 saturated heterocycles. The van der Waals surface area contributed by atoms with Gasteiger partial charge in [-0.3, -0.25) is 14.9 Å². The summed E-state index contributed by atoms with van der Waals surface area (Å²) in [5, 5.41) is 7.31. The van der Waals surface area contributed by atoms with Crippen molar-refractivity contribution in [2.75, 3.05) is 11.9 Å². The van der Waals surface area contributed by atoms with Crippen molar-refractivity contribution in [1.29, 1.82) is 0 Å². The Morgan fingerprint density at radius 3 is 2.30 bits per heavy atom. The van der Waals surface area contributed by atoms with Gasteiger partial charge in [-0.1, -0.05) is 44.2 Å². The van der Waals surface area contributed by atoms with E-state index < -0.39 is 11.8 Å². The lowest BCUT2D eigenvalue weighted by molar-refractivity contribution is 0.0879. The zero-order chi connectivity index (χ0) is 19.8. The van der Waals surface area contributed by atoms with E-state index in [0.29, 0.717) is 23.7 Å². The zero-order valence-corrected chi connectivity index (χ0v) is 15.8. The number of hydrogen-bond donors (Lipinski definition) is 3. The third kappa shape index (κ3) is 5.41. The molecule has 2 aromatic carbocycles. The fourth-order valence-electron chi connectivity index (χ4n) is 2.60. The maximum absolute atomic E-state index is 11.4. The van der Waals surface area contributed by atoms with E-state index >= 15 is 0 Å². The van der Waals surface area contributed by atoms with Crippen LogP contribution in [-0.4, -0.2) is 24.4 Å². The largest absolute Gasteiger partial charge is 0.338 e. The van der Waals surface area contributed by atoms with Gasteiger partial charge in [0.1, 0.15) is 0 Å². The minimum atomic E-state index is -0.440. The van der Waals surface area contributed by atoms with Crippen molar-refractivity contribution < 1.29 is 14.4 Å². The molecule has 2 aromatic rings. The zero-order valence-electron chi connectivity index (χ0n) is 15.8. The van der Waals surface area contributed by atoms with Gasteiger partial charge >= 0.3 is 6.03 Å². The summed E-state index contributed by atoms with van der Waals surface area (Å²) in [4.78, 5) is 33.9. The number of amides is 4. The Kier molecular flexibility index (Phi) is 7.11. The summed E-state index contributed by atoms with van der Waals surface area (Å²) < 4.78 is 0. The number of imide groups is 1. The molecule has 3 rings (SSSR count). The van der Waals surface area contributed by atoms with Gasteiger partial charge in [0.15, 0.2) is 0 Å². The lowest BCUT2D eigenvalue weighted by Gasteiger charge is -2.06. The van der Waals surface area contributed by atoms with E-state index in [4.69, 9.17) is 0 Å². The van der Waals surface area contributed by atoms with Crippen LogP contribution in [0.25, 0.3) is 0 Å². The number of rotatable bonds is 4. The Balaban J connectivity index is 0.000000223. The first kappa shape index (κ1) is 20.2. The molecule has 6 nitrogen and oxygen atoms in total. The van der Waals surface area contributed by atoms with E-state index in [2.05, 4.69) is 60.1 Å². The molecular weight excluding hydrogens is 342 g/mol. The lowest BCUT2D eigenvalue weighted by atomic mass is 9.99. The number of hydrogen-bond acceptors (Lipinski definition) is 3. The van der Waals surface area contributed by atoms with E-state index in [0.717, 1.165) is 0 Å². The van der Waals surface area contributed by atoms with Gasteiger partial charge in [-0.25, -0.2) is 4.79 Å². The smallest absolute Gasteiger partial charge is 0.319 e. The van der Waals surface area contributed by atoms with Crippen molar-refractivity contribution in [3.8, 4) is 0 Å². The van der Waals surface area contributed by atoms with Crippen molar-refractivity contribution in [1.82, 2.24) is 10.6 Å². The molecule has 0 aromatic heterocycles. The summed E-state index contributed by atoms with van der Waals surface area (Å²) >= 11 is 0. The first-order valence-corrected chi connectivity index (χ1v) is 9.05. The van der Waals surface area contributed by atoms with E-state index in [-0.39, 0.29) is 11.6 Å². The van der Waals surface area contributed by atoms with Crippen LogP contribution in [0.3, 0.4) is 0 Å². The topological polar surface area (TPSA) is 87.3 Å². The molecule has 0 spiro atoms. The molecule has 0 bridgehead atoms. The highest BCUT2D eigenvalue weighted by molar-refractivity contribution is 6.22. The summed E-state index contributed by atoms with van der Waals surface area (Å²) in [7, 11) is 0. The highest BCUT2D eigenvalue weighted by atomic mass is 16.2. The molecule has 27 heavy (non-hydrogen) atoms. The second-order valence-corrected chi connectivity index (χ2v) is 6.25. The SMILES string of the molecule is CCC(C)c1ccccc1.CCNC(=O)Nc1ccc2c(c1)C(=O)NC2=O. The minimum Gasteiger partial charge on any atom is -0.338 e. The Morgan fingerprint density at radius 1 is 1.00 bits per heavy atom. The Labute approximate surface area is 159 Å². The molecule has 0 radical (unpaired) electrons. The number of anilines is 1. The van der Waals surface area contributed by atoms with Crippen LogP contribution in [0.5, 0.6) is 0 Å². The van der Waals surface area contributed by atoms with E-state index in [1.165, 1.54) is 24.1 Å². The van der Waals surface area contributed by atoms with E-state index in [1.54, 1.807) is 13.0 Å². The van der Waals surface area contributed by atoms with Gasteiger partial charge in [0.25, 0.3) is 11.8 Å². The maximum atomic E-state index is 11.4. The van der Waals surface area contributed by atoms with Crippen molar-refractivity contribution in [2.45, 2.75) is 33.1 Å². The average molecular weight is 367 g/mol. The molecule has 0 fully saturated rings. The molecule has 3 N–H and O–H groups in total. The quantitative estimate of drug-likeness (QED) is 0.716. The second kappa shape index (κ2) is 9.52. The highest BCUT2D eigenvalue weighted by Crippen LogP contribution is 2.20. The molecule has 142 valence electrons. The van der Waals surface area contributed by atoms with Crippen LogP contribution in [-0.2, 0) is 0 Å². The van der Waals surface area contributed by atoms with E-state index in [9.17, 15) is 14.4 Å². The van der Waals surface area contributed by atoms with E-state index in [1.807, 2.05) is 0 Å². The summed E-state index contributed by atoms with van der Waals surface area (Å²) in [6, 6.07) is 14.8. The molecule has 6 heteroatoms. The van der Waals surface area contributed by atoms with Gasteiger partial charge in [-0.05, 0) is 43.0 Å². The minimum absolute atomic E-state index is 0.282. The van der Waals surface area contributed by atoms with Crippen LogP contribution in [0.4, 0.5) is 10.5 Å². The Hall–Kier alpha value is -3.15. The molecule has 0 aliphatic carbocycles. The fraction of sp³-hybridized carbons (Fsp3) is 0.286. The third-order valence-electron chi connectivity index (χ3n) is 4.31. The number of nitrogens with one attached hydrogen (secondary N) is 3. The Bertz CT molecular complexity index is 819. The van der Waals surface area contributed by atoms with Crippen LogP contribution >= 0.6 is 0 Å². The van der Waals surface area contributed by atoms with Crippen LogP contribution in [0.15, 0.2) is 48.5 Å². The van der Waals surface area contributed by atoms with Crippen molar-refractivity contribution in [3.63, 3.8) is 0 Å². The normalized spacial score (nSPS) is 13.0. The third-order valence-corrected chi connectivity index (χ3v) is 4.31. The van der Waals surface area contributed by atoms with Crippen LogP contribution < -0.4 is 16.0 Å². The van der Waals surface area contributed by atoms with Crippen LogP contribution in [0.2, 0.25) is 0 Å². The monoisotopic (exact) mass is 367 g/mol. The molecule has 1 aliphatic rings. The Morgan fingerprint density at radius 2 is 1.67 bits per heavy atom. The van der Waals surface area contributed by atoms with Gasteiger partial charge < -0.3 is 10.6 Å². The number of carbonyl (C=O) groups is 3. The first-order valence-electron chi connectivity index (χ1n) is 9.05. The summed E-state index contributed by atoms with van der Waals surface area (Å²) in [5.41, 5.74) is 2.53. The van der Waals surface area contributed by atoms with Gasteiger partial charge in [-0.2, -0.15) is 0 Å². The number of carbonyl (C=O) groups excluding carboxylic acids is 3. The van der Waals surface area contributed by atoms with Crippen LogP contribution in [0.1, 0.15) is 59.4 Å². The predicted octanol–water partition coefficient (Wildman–Crippen LogP) is 3.91. The molecule has 0 saturated carbocycles. The standard InChI is InChI=1S/C11H11N3O3.C10H14/c1-2-12-11(17)13-6-3-4-7-8(5-6)10(16)14-9(7)15;1-3-9(2)10-7-5-4-6-8-10/h3-5H,2H2,1H3,(H2,12,13,17)(H,14,15,16);4-9H,3H2,1-2H3. The molecule has 1 atom stereocenters.